The Morgan fingerprint density at radius 2 is 2.08 bits per heavy atom. The lowest BCUT2D eigenvalue weighted by Crippen LogP contribution is -2.87. The van der Waals surface area contributed by atoms with Crippen LogP contribution in [0.2, 0.25) is 0 Å². The van der Waals surface area contributed by atoms with Crippen molar-refractivity contribution in [2.24, 2.45) is 0 Å². The second-order valence-electron chi connectivity index (χ2n) is 6.61. The van der Waals surface area contributed by atoms with Crippen molar-refractivity contribution in [2.45, 2.75) is 38.3 Å². The molecule has 0 saturated heterocycles. The summed E-state index contributed by atoms with van der Waals surface area (Å²) in [6.07, 6.45) is 3.04. The van der Waals surface area contributed by atoms with Crippen LogP contribution in [0.15, 0.2) is 42.5 Å². The summed E-state index contributed by atoms with van der Waals surface area (Å²) in [6.45, 7) is 2.01. The standard InChI is InChI=1S/C20H22F2N2O/c1-13(16-10-9-15(21)11-18(16)22)23-12-20(25)24-19-8-4-6-14-5-2-3-7-17(14)19/h2-3,5,7,9-11,13,19,23H,4,6,8,12H2,1H3,(H,24,25)/p+1/t13-,19+/m0/s1. The van der Waals surface area contributed by atoms with Gasteiger partial charge in [-0.2, -0.15) is 0 Å². The van der Waals surface area contributed by atoms with E-state index in [4.69, 9.17) is 0 Å². The lowest BCUT2D eigenvalue weighted by atomic mass is 9.88. The summed E-state index contributed by atoms with van der Waals surface area (Å²) in [6, 6.07) is 11.5. The quantitative estimate of drug-likeness (QED) is 0.860. The fourth-order valence-corrected chi connectivity index (χ4v) is 3.44. The Bertz CT molecular complexity index is 763. The van der Waals surface area contributed by atoms with Gasteiger partial charge in [-0.3, -0.25) is 4.79 Å². The summed E-state index contributed by atoms with van der Waals surface area (Å²) in [4.78, 5) is 12.3. The zero-order valence-electron chi connectivity index (χ0n) is 14.3. The van der Waals surface area contributed by atoms with Crippen molar-refractivity contribution in [3.63, 3.8) is 0 Å². The Morgan fingerprint density at radius 1 is 1.28 bits per heavy atom. The van der Waals surface area contributed by atoms with E-state index in [9.17, 15) is 13.6 Å². The van der Waals surface area contributed by atoms with E-state index in [1.165, 1.54) is 23.3 Å². The van der Waals surface area contributed by atoms with Crippen LogP contribution in [0.1, 0.15) is 48.5 Å². The van der Waals surface area contributed by atoms with Gasteiger partial charge in [-0.05, 0) is 49.4 Å². The highest BCUT2D eigenvalue weighted by Gasteiger charge is 2.22. The van der Waals surface area contributed by atoms with E-state index in [0.717, 1.165) is 25.3 Å². The molecule has 132 valence electrons. The van der Waals surface area contributed by atoms with Crippen molar-refractivity contribution in [3.8, 4) is 0 Å². The number of hydrogen-bond acceptors (Lipinski definition) is 1. The minimum Gasteiger partial charge on any atom is -0.344 e. The minimum atomic E-state index is -0.595. The van der Waals surface area contributed by atoms with Crippen LogP contribution in [0.25, 0.3) is 0 Å². The minimum absolute atomic E-state index is 0.0451. The molecule has 1 amide bonds. The van der Waals surface area contributed by atoms with E-state index in [2.05, 4.69) is 17.4 Å². The van der Waals surface area contributed by atoms with Crippen LogP contribution in [-0.2, 0) is 11.2 Å². The van der Waals surface area contributed by atoms with Gasteiger partial charge in [0.25, 0.3) is 5.91 Å². The number of amides is 1. The molecule has 0 saturated carbocycles. The number of benzene rings is 2. The van der Waals surface area contributed by atoms with Crippen LogP contribution in [0.5, 0.6) is 0 Å². The summed E-state index contributed by atoms with van der Waals surface area (Å²) in [5, 5.41) is 4.85. The molecule has 0 unspecified atom stereocenters. The Hall–Kier alpha value is -2.27. The van der Waals surface area contributed by atoms with Crippen LogP contribution < -0.4 is 10.6 Å². The molecule has 0 heterocycles. The molecule has 25 heavy (non-hydrogen) atoms. The molecule has 2 aromatic rings. The number of fused-ring (bicyclic) bond motifs is 1. The molecule has 5 heteroatoms. The van der Waals surface area contributed by atoms with Crippen molar-refractivity contribution >= 4 is 5.91 Å². The lowest BCUT2D eigenvalue weighted by Gasteiger charge is -2.26. The van der Waals surface area contributed by atoms with Gasteiger partial charge < -0.3 is 10.6 Å². The lowest BCUT2D eigenvalue weighted by molar-refractivity contribution is -0.682. The van der Waals surface area contributed by atoms with E-state index < -0.39 is 11.6 Å². The average molecular weight is 345 g/mol. The van der Waals surface area contributed by atoms with Crippen LogP contribution >= 0.6 is 0 Å². The van der Waals surface area contributed by atoms with Gasteiger partial charge in [0.15, 0.2) is 6.54 Å². The van der Waals surface area contributed by atoms with Gasteiger partial charge in [0, 0.05) is 11.6 Å². The van der Waals surface area contributed by atoms with Gasteiger partial charge in [0.05, 0.1) is 6.04 Å². The maximum absolute atomic E-state index is 13.8. The highest BCUT2D eigenvalue weighted by atomic mass is 19.1. The SMILES string of the molecule is C[C@H]([NH2+]CC(=O)N[C@@H]1CCCc2ccccc21)c1ccc(F)cc1F. The number of halogens is 2. The molecule has 0 fully saturated rings. The normalized spacial score (nSPS) is 17.6. The van der Waals surface area contributed by atoms with Crippen molar-refractivity contribution < 1.29 is 18.9 Å². The molecule has 2 aromatic carbocycles. The maximum Gasteiger partial charge on any atom is 0.275 e. The predicted octanol–water partition coefficient (Wildman–Crippen LogP) is 2.78. The zero-order chi connectivity index (χ0) is 17.8. The number of nitrogens with two attached hydrogens (primary N) is 1. The third kappa shape index (κ3) is 4.23. The number of hydrogen-bond donors (Lipinski definition) is 2. The number of rotatable bonds is 5. The number of aryl methyl sites for hydroxylation is 1. The third-order valence-electron chi connectivity index (χ3n) is 4.81. The molecule has 0 radical (unpaired) electrons. The van der Waals surface area contributed by atoms with E-state index >= 15 is 0 Å². The summed E-state index contributed by atoms with van der Waals surface area (Å²) < 4.78 is 26.8. The molecule has 3 nitrogen and oxygen atoms in total. The summed E-state index contributed by atoms with van der Waals surface area (Å²) in [7, 11) is 0. The average Bonchev–Trinajstić information content (AvgIpc) is 2.60. The number of nitrogens with one attached hydrogen (secondary N) is 1. The molecule has 0 aliphatic heterocycles. The van der Waals surface area contributed by atoms with Gasteiger partial charge in [-0.25, -0.2) is 8.78 Å². The van der Waals surface area contributed by atoms with E-state index in [1.807, 2.05) is 12.1 Å². The highest BCUT2D eigenvalue weighted by Crippen LogP contribution is 2.29. The first-order chi connectivity index (χ1) is 12.0. The molecular weight excluding hydrogens is 322 g/mol. The monoisotopic (exact) mass is 345 g/mol. The molecule has 0 spiro atoms. The van der Waals surface area contributed by atoms with E-state index in [0.29, 0.717) is 5.56 Å². The van der Waals surface area contributed by atoms with Gasteiger partial charge >= 0.3 is 0 Å². The fourth-order valence-electron chi connectivity index (χ4n) is 3.44. The molecule has 3 rings (SSSR count). The largest absolute Gasteiger partial charge is 0.344 e. The van der Waals surface area contributed by atoms with Crippen LogP contribution in [0.4, 0.5) is 8.78 Å². The highest BCUT2D eigenvalue weighted by molar-refractivity contribution is 5.77. The summed E-state index contributed by atoms with van der Waals surface area (Å²) >= 11 is 0. The molecule has 0 aromatic heterocycles. The molecule has 1 aliphatic carbocycles. The Kier molecular flexibility index (Phi) is 5.43. The van der Waals surface area contributed by atoms with E-state index in [1.54, 1.807) is 12.2 Å². The van der Waals surface area contributed by atoms with E-state index in [-0.39, 0.29) is 24.5 Å². The topological polar surface area (TPSA) is 45.7 Å². The number of carbonyl (C=O) groups is 1. The first-order valence-electron chi connectivity index (χ1n) is 8.70. The molecule has 3 N–H and O–H groups in total. The van der Waals surface area contributed by atoms with Crippen molar-refractivity contribution in [2.75, 3.05) is 6.54 Å². The van der Waals surface area contributed by atoms with Gasteiger partial charge in [-0.15, -0.1) is 0 Å². The number of quaternary nitrogens is 1. The zero-order valence-corrected chi connectivity index (χ0v) is 14.3. The van der Waals surface area contributed by atoms with Gasteiger partial charge in [0.1, 0.15) is 17.7 Å². The Morgan fingerprint density at radius 3 is 2.88 bits per heavy atom. The Balaban J connectivity index is 1.57. The van der Waals surface area contributed by atoms with Crippen molar-refractivity contribution in [1.29, 1.82) is 0 Å². The molecule has 1 aliphatic rings. The van der Waals surface area contributed by atoms with Crippen LogP contribution in [0.3, 0.4) is 0 Å². The van der Waals surface area contributed by atoms with Crippen LogP contribution in [-0.4, -0.2) is 12.5 Å². The Labute approximate surface area is 146 Å². The molecule has 0 bridgehead atoms. The molecular formula is C20H23F2N2O+. The second-order valence-corrected chi connectivity index (χ2v) is 6.61. The maximum atomic E-state index is 13.8. The van der Waals surface area contributed by atoms with Gasteiger partial charge in [-0.1, -0.05) is 24.3 Å². The number of carbonyl (C=O) groups excluding carboxylic acids is 1. The van der Waals surface area contributed by atoms with Crippen molar-refractivity contribution in [1.82, 2.24) is 5.32 Å². The fraction of sp³-hybridized carbons (Fsp3) is 0.350. The summed E-state index contributed by atoms with van der Waals surface area (Å²) in [5.41, 5.74) is 2.89. The summed E-state index contributed by atoms with van der Waals surface area (Å²) in [5.74, 6) is -1.25. The molecule has 2 atom stereocenters. The van der Waals surface area contributed by atoms with Crippen LogP contribution in [0, 0.1) is 11.6 Å². The third-order valence-corrected chi connectivity index (χ3v) is 4.81. The first kappa shape index (κ1) is 17.5. The van der Waals surface area contributed by atoms with Gasteiger partial charge in [0.2, 0.25) is 0 Å². The first-order valence-corrected chi connectivity index (χ1v) is 8.70. The smallest absolute Gasteiger partial charge is 0.275 e. The predicted molar refractivity (Wildman–Crippen MR) is 91.8 cm³/mol. The second kappa shape index (κ2) is 7.74. The van der Waals surface area contributed by atoms with Crippen molar-refractivity contribution in [3.05, 3.63) is 70.8 Å².